The fourth-order valence-electron chi connectivity index (χ4n) is 1.83. The van der Waals surface area contributed by atoms with Crippen molar-refractivity contribution >= 4 is 23.9 Å². The van der Waals surface area contributed by atoms with Gasteiger partial charge in [-0.25, -0.2) is 0 Å². The van der Waals surface area contributed by atoms with Crippen molar-refractivity contribution in [1.82, 2.24) is 0 Å². The number of rotatable bonds is 14. The number of aliphatic carboxylic acids is 4. The summed E-state index contributed by atoms with van der Waals surface area (Å²) in [6, 6.07) is 0. The Morgan fingerprint density at radius 2 is 0.583 bits per heavy atom. The van der Waals surface area contributed by atoms with Crippen LogP contribution in [0, 0.1) is 0 Å². The zero-order chi connectivity index (χ0) is 18.8. The number of carboxylic acid groups (broad SMARTS) is 4. The maximum absolute atomic E-state index is 10.2. The summed E-state index contributed by atoms with van der Waals surface area (Å²) in [5.74, 6) is -3.58. The highest BCUT2D eigenvalue weighted by molar-refractivity contribution is 5.75. The maximum Gasteiger partial charge on any atom is 0.303 e. The summed E-state index contributed by atoms with van der Waals surface area (Å²) in [6.07, 6.45) is 7.92. The van der Waals surface area contributed by atoms with Crippen molar-refractivity contribution in [2.45, 2.75) is 77.0 Å². The SMILES string of the molecule is O=C(O)CCC(=O)O.O=C(O)CCCCCCCCCCC(=O)O. The standard InChI is InChI=1S/C12H22O4.C4H6O4/c13-11(14)9-7-5-3-1-2-4-6-8-10-12(15)16;5-3(6)1-2-4(7)8/h1-10H2,(H,13,14)(H,15,16);1-2H2,(H,5,6)(H,7,8). The monoisotopic (exact) mass is 348 g/mol. The van der Waals surface area contributed by atoms with Crippen molar-refractivity contribution in [2.24, 2.45) is 0 Å². The van der Waals surface area contributed by atoms with Gasteiger partial charge in [-0.15, -0.1) is 0 Å². The van der Waals surface area contributed by atoms with Gasteiger partial charge in [0.05, 0.1) is 12.8 Å². The molecule has 140 valence electrons. The number of unbranched alkanes of at least 4 members (excludes halogenated alkanes) is 7. The smallest absolute Gasteiger partial charge is 0.303 e. The van der Waals surface area contributed by atoms with Crippen LogP contribution in [0.2, 0.25) is 0 Å². The van der Waals surface area contributed by atoms with Gasteiger partial charge in [-0.1, -0.05) is 38.5 Å². The number of carbonyl (C=O) groups is 4. The molecule has 0 aliphatic carbocycles. The van der Waals surface area contributed by atoms with Gasteiger partial charge < -0.3 is 20.4 Å². The molecule has 4 N–H and O–H groups in total. The van der Waals surface area contributed by atoms with Crippen LogP contribution in [-0.4, -0.2) is 44.3 Å². The van der Waals surface area contributed by atoms with Crippen molar-refractivity contribution in [3.05, 3.63) is 0 Å². The lowest BCUT2D eigenvalue weighted by atomic mass is 10.1. The summed E-state index contributed by atoms with van der Waals surface area (Å²) in [5.41, 5.74) is 0. The molecule has 0 atom stereocenters. The summed E-state index contributed by atoms with van der Waals surface area (Å²) >= 11 is 0. The molecule has 0 aromatic rings. The predicted octanol–water partition coefficient (Wildman–Crippen LogP) is 2.99. The van der Waals surface area contributed by atoms with Crippen LogP contribution in [0.3, 0.4) is 0 Å². The van der Waals surface area contributed by atoms with E-state index in [9.17, 15) is 19.2 Å². The van der Waals surface area contributed by atoms with Crippen molar-refractivity contribution in [3.63, 3.8) is 0 Å². The van der Waals surface area contributed by atoms with Crippen LogP contribution >= 0.6 is 0 Å². The molecule has 0 amide bonds. The molecule has 0 bridgehead atoms. The van der Waals surface area contributed by atoms with Crippen molar-refractivity contribution in [2.75, 3.05) is 0 Å². The fourth-order valence-corrected chi connectivity index (χ4v) is 1.83. The maximum atomic E-state index is 10.2. The van der Waals surface area contributed by atoms with Crippen molar-refractivity contribution in [1.29, 1.82) is 0 Å². The van der Waals surface area contributed by atoms with Crippen LogP contribution in [-0.2, 0) is 19.2 Å². The molecular formula is C16H28O8. The normalized spacial score (nSPS) is 9.67. The third kappa shape index (κ3) is 28.1. The highest BCUT2D eigenvalue weighted by Crippen LogP contribution is 2.10. The number of carboxylic acids is 4. The molecule has 0 saturated heterocycles. The highest BCUT2D eigenvalue weighted by atomic mass is 16.4. The zero-order valence-electron chi connectivity index (χ0n) is 13.9. The van der Waals surface area contributed by atoms with Gasteiger partial charge in [-0.05, 0) is 12.8 Å². The molecular weight excluding hydrogens is 320 g/mol. The second-order valence-electron chi connectivity index (χ2n) is 5.40. The van der Waals surface area contributed by atoms with Crippen LogP contribution in [0.5, 0.6) is 0 Å². The van der Waals surface area contributed by atoms with Crippen LogP contribution in [0.4, 0.5) is 0 Å². The number of hydrogen-bond acceptors (Lipinski definition) is 4. The van der Waals surface area contributed by atoms with Crippen molar-refractivity contribution in [3.8, 4) is 0 Å². The molecule has 0 heterocycles. The molecule has 0 spiro atoms. The molecule has 24 heavy (non-hydrogen) atoms. The topological polar surface area (TPSA) is 149 Å². The first kappa shape index (κ1) is 24.1. The van der Waals surface area contributed by atoms with Crippen LogP contribution < -0.4 is 0 Å². The van der Waals surface area contributed by atoms with E-state index in [1.54, 1.807) is 0 Å². The quantitative estimate of drug-likeness (QED) is 0.350. The zero-order valence-corrected chi connectivity index (χ0v) is 13.9. The Bertz CT molecular complexity index is 342. The Labute approximate surface area is 141 Å². The minimum atomic E-state index is -1.08. The first-order valence-corrected chi connectivity index (χ1v) is 8.13. The fraction of sp³-hybridized carbons (Fsp3) is 0.750. The van der Waals surface area contributed by atoms with E-state index in [0.717, 1.165) is 51.4 Å². The Morgan fingerprint density at radius 3 is 0.792 bits per heavy atom. The Morgan fingerprint density at radius 1 is 0.375 bits per heavy atom. The van der Waals surface area contributed by atoms with Gasteiger partial charge in [0, 0.05) is 12.8 Å². The lowest BCUT2D eigenvalue weighted by Gasteiger charge is -2.00. The molecule has 8 nitrogen and oxygen atoms in total. The van der Waals surface area contributed by atoms with Crippen molar-refractivity contribution < 1.29 is 39.6 Å². The Balaban J connectivity index is 0. The van der Waals surface area contributed by atoms with Gasteiger partial charge in [0.15, 0.2) is 0 Å². The summed E-state index contributed by atoms with van der Waals surface area (Å²) in [4.78, 5) is 39.7. The van der Waals surface area contributed by atoms with Crippen LogP contribution in [0.1, 0.15) is 77.0 Å². The van der Waals surface area contributed by atoms with Crippen LogP contribution in [0.25, 0.3) is 0 Å². The lowest BCUT2D eigenvalue weighted by molar-refractivity contribution is -0.143. The molecule has 0 aliphatic heterocycles. The second-order valence-corrected chi connectivity index (χ2v) is 5.40. The Kier molecular flexibility index (Phi) is 17.3. The largest absolute Gasteiger partial charge is 0.481 e. The highest BCUT2D eigenvalue weighted by Gasteiger charge is 2.00. The molecule has 0 radical (unpaired) electrons. The molecule has 8 heteroatoms. The molecule has 0 fully saturated rings. The van der Waals surface area contributed by atoms with Gasteiger partial charge in [0.25, 0.3) is 0 Å². The van der Waals surface area contributed by atoms with Crippen LogP contribution in [0.15, 0.2) is 0 Å². The average molecular weight is 348 g/mol. The second kappa shape index (κ2) is 17.2. The Hall–Kier alpha value is -2.12. The van der Waals surface area contributed by atoms with Gasteiger partial charge in [-0.3, -0.25) is 19.2 Å². The number of hydrogen-bond donors (Lipinski definition) is 4. The van der Waals surface area contributed by atoms with E-state index in [0.29, 0.717) is 0 Å². The van der Waals surface area contributed by atoms with Gasteiger partial charge in [0.2, 0.25) is 0 Å². The van der Waals surface area contributed by atoms with E-state index in [1.165, 1.54) is 0 Å². The third-order valence-electron chi connectivity index (χ3n) is 3.08. The third-order valence-corrected chi connectivity index (χ3v) is 3.08. The summed E-state index contributed by atoms with van der Waals surface area (Å²) in [6.45, 7) is 0. The minimum absolute atomic E-state index is 0.276. The van der Waals surface area contributed by atoms with E-state index >= 15 is 0 Å². The summed E-state index contributed by atoms with van der Waals surface area (Å²) in [5, 5.41) is 32.6. The molecule has 0 aliphatic rings. The predicted molar refractivity (Wildman–Crippen MR) is 85.9 cm³/mol. The van der Waals surface area contributed by atoms with Gasteiger partial charge in [0.1, 0.15) is 0 Å². The summed E-state index contributed by atoms with van der Waals surface area (Å²) < 4.78 is 0. The molecule has 0 saturated carbocycles. The lowest BCUT2D eigenvalue weighted by Crippen LogP contribution is -2.00. The molecule has 0 aromatic heterocycles. The molecule has 0 rings (SSSR count). The first-order chi connectivity index (χ1) is 11.3. The van der Waals surface area contributed by atoms with Gasteiger partial charge in [-0.2, -0.15) is 0 Å². The van der Waals surface area contributed by atoms with E-state index in [-0.39, 0.29) is 25.7 Å². The van der Waals surface area contributed by atoms with E-state index in [4.69, 9.17) is 20.4 Å². The van der Waals surface area contributed by atoms with E-state index in [2.05, 4.69) is 0 Å². The summed E-state index contributed by atoms with van der Waals surface area (Å²) in [7, 11) is 0. The molecule has 0 aromatic carbocycles. The minimum Gasteiger partial charge on any atom is -0.481 e. The first-order valence-electron chi connectivity index (χ1n) is 8.13. The van der Waals surface area contributed by atoms with E-state index in [1.807, 2.05) is 0 Å². The molecule has 0 unspecified atom stereocenters. The van der Waals surface area contributed by atoms with Gasteiger partial charge >= 0.3 is 23.9 Å². The average Bonchev–Trinajstić information content (AvgIpc) is 2.47. The van der Waals surface area contributed by atoms with E-state index < -0.39 is 23.9 Å².